The number of thioether (sulfide) groups is 1. The van der Waals surface area contributed by atoms with E-state index in [1.807, 2.05) is 60.7 Å². The van der Waals surface area contributed by atoms with E-state index in [0.717, 1.165) is 39.2 Å². The van der Waals surface area contributed by atoms with E-state index in [9.17, 15) is 9.59 Å². The van der Waals surface area contributed by atoms with Gasteiger partial charge in [-0.2, -0.15) is 0 Å². The first-order chi connectivity index (χ1) is 18.9. The Hall–Kier alpha value is -3.81. The average molecular weight is 541 g/mol. The highest BCUT2D eigenvalue weighted by atomic mass is 32.2. The van der Waals surface area contributed by atoms with Crippen LogP contribution in [-0.4, -0.2) is 50.1 Å². The van der Waals surface area contributed by atoms with Crippen molar-refractivity contribution >= 4 is 40.1 Å². The standard InChI is InChI=1S/C32H32N2O4S/c1-22(35)38-29-30(25-13-16-26(37-3)17-14-25)39-31-27-12-8-7-11-24(27)15-18-28(31)34(32(29)36)20-19-33(2)21-23-9-5-4-6-10-23/h4-18,29-30H,19-21H2,1-3H3/t29-,30+/m1/s1. The molecule has 4 aromatic rings. The second kappa shape index (κ2) is 11.9. The molecule has 0 unspecified atom stereocenters. The third-order valence-electron chi connectivity index (χ3n) is 6.92. The monoisotopic (exact) mass is 540 g/mol. The largest absolute Gasteiger partial charge is 0.497 e. The second-order valence-electron chi connectivity index (χ2n) is 9.69. The van der Waals surface area contributed by atoms with Crippen LogP contribution in [0, 0.1) is 0 Å². The highest BCUT2D eigenvalue weighted by Gasteiger charge is 2.41. The first-order valence-corrected chi connectivity index (χ1v) is 13.9. The third-order valence-corrected chi connectivity index (χ3v) is 8.35. The quantitative estimate of drug-likeness (QED) is 0.252. The van der Waals surface area contributed by atoms with E-state index in [0.29, 0.717) is 13.1 Å². The molecular weight excluding hydrogens is 508 g/mol. The summed E-state index contributed by atoms with van der Waals surface area (Å²) in [5, 5.41) is 1.73. The van der Waals surface area contributed by atoms with Crippen molar-refractivity contribution in [3.8, 4) is 5.75 Å². The van der Waals surface area contributed by atoms with Gasteiger partial charge < -0.3 is 19.3 Å². The Balaban J connectivity index is 1.55. The molecule has 2 atom stereocenters. The molecular formula is C32H32N2O4S. The predicted molar refractivity (Wildman–Crippen MR) is 156 cm³/mol. The number of hydrogen-bond donors (Lipinski definition) is 0. The fourth-order valence-corrected chi connectivity index (χ4v) is 6.42. The second-order valence-corrected chi connectivity index (χ2v) is 10.8. The van der Waals surface area contributed by atoms with Crippen LogP contribution in [0.25, 0.3) is 10.8 Å². The van der Waals surface area contributed by atoms with Gasteiger partial charge in [0, 0.05) is 31.5 Å². The minimum atomic E-state index is -0.980. The predicted octanol–water partition coefficient (Wildman–Crippen LogP) is 6.09. The first-order valence-electron chi connectivity index (χ1n) is 13.0. The topological polar surface area (TPSA) is 59.1 Å². The van der Waals surface area contributed by atoms with Gasteiger partial charge in [0.05, 0.1) is 18.0 Å². The highest BCUT2D eigenvalue weighted by Crippen LogP contribution is 2.49. The zero-order valence-electron chi connectivity index (χ0n) is 22.4. The molecule has 1 aliphatic heterocycles. The molecule has 200 valence electrons. The van der Waals surface area contributed by atoms with E-state index >= 15 is 0 Å². The van der Waals surface area contributed by atoms with Crippen LogP contribution < -0.4 is 9.64 Å². The van der Waals surface area contributed by atoms with Crippen molar-refractivity contribution in [1.82, 2.24) is 4.90 Å². The maximum atomic E-state index is 14.2. The van der Waals surface area contributed by atoms with Gasteiger partial charge in [0.15, 0.2) is 6.10 Å². The van der Waals surface area contributed by atoms with Crippen LogP contribution in [-0.2, 0) is 20.9 Å². The number of likely N-dealkylation sites (N-methyl/N-ethyl adjacent to an activating group) is 1. The van der Waals surface area contributed by atoms with Crippen LogP contribution in [0.2, 0.25) is 0 Å². The summed E-state index contributed by atoms with van der Waals surface area (Å²) in [6, 6.07) is 30.1. The first kappa shape index (κ1) is 26.8. The summed E-state index contributed by atoms with van der Waals surface area (Å²) < 4.78 is 11.1. The summed E-state index contributed by atoms with van der Waals surface area (Å²) in [6.45, 7) is 3.23. The third kappa shape index (κ3) is 5.95. The minimum Gasteiger partial charge on any atom is -0.497 e. The lowest BCUT2D eigenvalue weighted by atomic mass is 10.0. The lowest BCUT2D eigenvalue weighted by Gasteiger charge is -2.29. The number of benzene rings is 4. The molecule has 0 aromatic heterocycles. The van der Waals surface area contributed by atoms with Gasteiger partial charge in [-0.25, -0.2) is 0 Å². The van der Waals surface area contributed by atoms with Crippen molar-refractivity contribution in [1.29, 1.82) is 0 Å². The number of nitrogens with zero attached hydrogens (tertiary/aromatic N) is 2. The summed E-state index contributed by atoms with van der Waals surface area (Å²) in [4.78, 5) is 31.5. The minimum absolute atomic E-state index is 0.222. The molecule has 1 aliphatic rings. The number of amides is 1. The van der Waals surface area contributed by atoms with E-state index in [1.165, 1.54) is 12.5 Å². The van der Waals surface area contributed by atoms with Crippen LogP contribution >= 0.6 is 11.8 Å². The Labute approximate surface area is 233 Å². The smallest absolute Gasteiger partial charge is 0.303 e. The van der Waals surface area contributed by atoms with Crippen molar-refractivity contribution in [2.24, 2.45) is 0 Å². The zero-order chi connectivity index (χ0) is 27.4. The summed E-state index contributed by atoms with van der Waals surface area (Å²) in [5.74, 6) is 0.0201. The van der Waals surface area contributed by atoms with Gasteiger partial charge >= 0.3 is 5.97 Å². The summed E-state index contributed by atoms with van der Waals surface area (Å²) in [6.07, 6.45) is -0.980. The molecule has 0 aliphatic carbocycles. The molecule has 0 N–H and O–H groups in total. The van der Waals surface area contributed by atoms with Crippen LogP contribution in [0.5, 0.6) is 5.75 Å². The molecule has 5 rings (SSSR count). The molecule has 7 heteroatoms. The number of methoxy groups -OCH3 is 1. The Morgan fingerprint density at radius 2 is 1.67 bits per heavy atom. The summed E-state index contributed by atoms with van der Waals surface area (Å²) in [7, 11) is 3.67. The fourth-order valence-electron chi connectivity index (χ4n) is 4.96. The normalized spacial score (nSPS) is 17.1. The molecule has 6 nitrogen and oxygen atoms in total. The number of esters is 1. The molecule has 1 heterocycles. The SMILES string of the molecule is COc1ccc([C@@H]2Sc3c(ccc4ccccc34)N(CCN(C)Cc3ccccc3)C(=O)[C@@H]2OC(C)=O)cc1. The molecule has 0 fully saturated rings. The number of anilines is 1. The molecule has 0 bridgehead atoms. The van der Waals surface area contributed by atoms with Crippen molar-refractivity contribution in [2.45, 2.75) is 29.7 Å². The Morgan fingerprint density at radius 3 is 2.38 bits per heavy atom. The van der Waals surface area contributed by atoms with Gasteiger partial charge in [-0.15, -0.1) is 11.8 Å². The number of carbonyl (C=O) groups excluding carboxylic acids is 2. The van der Waals surface area contributed by atoms with Crippen molar-refractivity contribution < 1.29 is 19.1 Å². The van der Waals surface area contributed by atoms with Gasteiger partial charge in [0.25, 0.3) is 5.91 Å². The van der Waals surface area contributed by atoms with Gasteiger partial charge in [-0.05, 0) is 47.1 Å². The summed E-state index contributed by atoms with van der Waals surface area (Å²) >= 11 is 1.57. The van der Waals surface area contributed by atoms with Crippen LogP contribution in [0.3, 0.4) is 0 Å². The maximum absolute atomic E-state index is 14.2. The van der Waals surface area contributed by atoms with Gasteiger partial charge in [-0.3, -0.25) is 9.59 Å². The van der Waals surface area contributed by atoms with E-state index in [2.05, 4.69) is 42.3 Å². The van der Waals surface area contributed by atoms with Gasteiger partial charge in [0.1, 0.15) is 5.75 Å². The average Bonchev–Trinajstić information content (AvgIpc) is 3.06. The Morgan fingerprint density at radius 1 is 0.949 bits per heavy atom. The maximum Gasteiger partial charge on any atom is 0.303 e. The van der Waals surface area contributed by atoms with Crippen molar-refractivity contribution in [3.63, 3.8) is 0 Å². The Bertz CT molecular complexity index is 1460. The van der Waals surface area contributed by atoms with Crippen LogP contribution in [0.1, 0.15) is 23.3 Å². The molecule has 0 spiro atoms. The van der Waals surface area contributed by atoms with E-state index in [4.69, 9.17) is 9.47 Å². The molecule has 39 heavy (non-hydrogen) atoms. The van der Waals surface area contributed by atoms with Crippen LogP contribution in [0.15, 0.2) is 95.9 Å². The highest BCUT2D eigenvalue weighted by molar-refractivity contribution is 8.00. The van der Waals surface area contributed by atoms with Crippen molar-refractivity contribution in [2.75, 3.05) is 32.1 Å². The van der Waals surface area contributed by atoms with E-state index < -0.39 is 17.3 Å². The lowest BCUT2D eigenvalue weighted by molar-refractivity contribution is -0.152. The van der Waals surface area contributed by atoms with E-state index in [-0.39, 0.29) is 5.91 Å². The molecule has 4 aromatic carbocycles. The molecule has 1 amide bonds. The van der Waals surface area contributed by atoms with Crippen LogP contribution in [0.4, 0.5) is 5.69 Å². The Kier molecular flexibility index (Phi) is 8.19. The fraction of sp³-hybridized carbons (Fsp3) is 0.250. The van der Waals surface area contributed by atoms with E-state index in [1.54, 1.807) is 23.8 Å². The molecule has 0 saturated carbocycles. The van der Waals surface area contributed by atoms with Gasteiger partial charge in [0.2, 0.25) is 0 Å². The number of ether oxygens (including phenoxy) is 2. The number of rotatable bonds is 8. The molecule has 0 radical (unpaired) electrons. The summed E-state index contributed by atoms with van der Waals surface area (Å²) in [5.41, 5.74) is 2.94. The zero-order valence-corrected chi connectivity index (χ0v) is 23.2. The number of fused-ring (bicyclic) bond motifs is 3. The lowest BCUT2D eigenvalue weighted by Crippen LogP contribution is -2.45. The van der Waals surface area contributed by atoms with Gasteiger partial charge in [-0.1, -0.05) is 72.8 Å². The number of carbonyl (C=O) groups is 2. The molecule has 0 saturated heterocycles. The number of hydrogen-bond acceptors (Lipinski definition) is 6. The van der Waals surface area contributed by atoms with Crippen molar-refractivity contribution in [3.05, 3.63) is 102 Å².